The van der Waals surface area contributed by atoms with Crippen LogP contribution in [0.2, 0.25) is 5.02 Å². The Balaban J connectivity index is 1.38. The van der Waals surface area contributed by atoms with Crippen LogP contribution in [0.4, 0.5) is 11.4 Å². The van der Waals surface area contributed by atoms with Crippen LogP contribution in [-0.4, -0.2) is 5.78 Å². The van der Waals surface area contributed by atoms with Gasteiger partial charge in [-0.15, -0.1) is 0 Å². The Morgan fingerprint density at radius 2 is 1.42 bits per heavy atom. The molecule has 0 radical (unpaired) electrons. The quantitative estimate of drug-likeness (QED) is 0.209. The van der Waals surface area contributed by atoms with E-state index in [-0.39, 0.29) is 5.78 Å². The Morgan fingerprint density at radius 1 is 0.674 bits per heavy atom. The van der Waals surface area contributed by atoms with Crippen LogP contribution in [0, 0.1) is 20.8 Å². The predicted molar refractivity (Wildman–Crippen MR) is 179 cm³/mol. The summed E-state index contributed by atoms with van der Waals surface area (Å²) in [5.41, 5.74) is 14.3. The Kier molecular flexibility index (Phi) is 6.98. The molecule has 2 nitrogen and oxygen atoms in total. The van der Waals surface area contributed by atoms with Crippen LogP contribution in [0.25, 0.3) is 11.1 Å². The van der Waals surface area contributed by atoms with Crippen molar-refractivity contribution in [3.63, 3.8) is 0 Å². The molecule has 0 aliphatic heterocycles. The lowest BCUT2D eigenvalue weighted by Crippen LogP contribution is -2.42. The Morgan fingerprint density at radius 3 is 2.21 bits per heavy atom. The molecule has 0 fully saturated rings. The summed E-state index contributed by atoms with van der Waals surface area (Å²) in [6.45, 7) is 6.32. The molecule has 214 valence electrons. The van der Waals surface area contributed by atoms with Crippen molar-refractivity contribution in [1.82, 2.24) is 0 Å². The second-order valence-electron chi connectivity index (χ2n) is 12.3. The monoisotopic (exact) mass is 581 g/mol. The second-order valence-corrected chi connectivity index (χ2v) is 12.7. The normalized spacial score (nSPS) is 17.0. The van der Waals surface area contributed by atoms with E-state index in [0.717, 1.165) is 70.8 Å². The van der Waals surface area contributed by atoms with Crippen LogP contribution in [0.1, 0.15) is 67.7 Å². The lowest BCUT2D eigenvalue weighted by Gasteiger charge is -2.41. The van der Waals surface area contributed by atoms with Crippen LogP contribution in [0.3, 0.4) is 0 Å². The molecule has 0 spiro atoms. The van der Waals surface area contributed by atoms with Crippen LogP contribution < -0.4 is 5.32 Å². The number of nitrogens with one attached hydrogen (secondary N) is 1. The van der Waals surface area contributed by atoms with Gasteiger partial charge >= 0.3 is 0 Å². The van der Waals surface area contributed by atoms with Crippen LogP contribution >= 0.6 is 11.6 Å². The van der Waals surface area contributed by atoms with Crippen LogP contribution in [0.5, 0.6) is 0 Å². The number of halogens is 1. The van der Waals surface area contributed by atoms with E-state index in [1.54, 1.807) is 0 Å². The first-order valence-electron chi connectivity index (χ1n) is 15.4. The minimum absolute atomic E-state index is 0.196. The molecule has 1 atom stereocenters. The zero-order chi connectivity index (χ0) is 29.7. The molecule has 7 rings (SSSR count). The van der Waals surface area contributed by atoms with Gasteiger partial charge in [-0.25, -0.2) is 0 Å². The highest BCUT2D eigenvalue weighted by atomic mass is 35.5. The van der Waals surface area contributed by atoms with Crippen LogP contribution in [-0.2, 0) is 24.7 Å². The van der Waals surface area contributed by atoms with Gasteiger partial charge in [0.15, 0.2) is 5.78 Å². The largest absolute Gasteiger partial charge is 0.355 e. The fourth-order valence-electron chi connectivity index (χ4n) is 7.68. The van der Waals surface area contributed by atoms with Crippen molar-refractivity contribution in [2.24, 2.45) is 0 Å². The number of fused-ring (bicyclic) bond motifs is 5. The van der Waals surface area contributed by atoms with E-state index in [0.29, 0.717) is 0 Å². The molecule has 3 heteroatoms. The van der Waals surface area contributed by atoms with Crippen molar-refractivity contribution in [3.8, 4) is 11.1 Å². The van der Waals surface area contributed by atoms with E-state index in [4.69, 9.17) is 11.6 Å². The number of hydrogen-bond donors (Lipinski definition) is 1. The van der Waals surface area contributed by atoms with Crippen molar-refractivity contribution in [2.45, 2.75) is 58.3 Å². The number of para-hydroxylation sites is 1. The van der Waals surface area contributed by atoms with Gasteiger partial charge in [-0.2, -0.15) is 0 Å². The van der Waals surface area contributed by atoms with Gasteiger partial charge in [-0.05, 0) is 139 Å². The number of carbonyl (C=O) groups excluding carboxylic acids is 1. The van der Waals surface area contributed by atoms with E-state index in [9.17, 15) is 0 Å². The molecule has 0 amide bonds. The van der Waals surface area contributed by atoms with Crippen molar-refractivity contribution >= 4 is 28.8 Å². The summed E-state index contributed by atoms with van der Waals surface area (Å²) in [5, 5.41) is 4.40. The third kappa shape index (κ3) is 4.51. The zero-order valence-electron chi connectivity index (χ0n) is 25.1. The first kappa shape index (κ1) is 27.7. The number of hydrogen-bond acceptors (Lipinski definition) is 2. The fraction of sp³-hybridized carbons (Fsp3) is 0.225. The van der Waals surface area contributed by atoms with E-state index < -0.39 is 5.41 Å². The highest BCUT2D eigenvalue weighted by Crippen LogP contribution is 2.50. The average molecular weight is 582 g/mol. The van der Waals surface area contributed by atoms with Gasteiger partial charge in [-0.3, -0.25) is 4.79 Å². The summed E-state index contributed by atoms with van der Waals surface area (Å²) >= 11 is 6.63. The smallest absolute Gasteiger partial charge is 0.178 e. The molecule has 2 aliphatic rings. The first-order valence-corrected chi connectivity index (χ1v) is 15.7. The molecule has 0 aromatic heterocycles. The molecule has 0 bridgehead atoms. The van der Waals surface area contributed by atoms with E-state index >= 15 is 4.79 Å². The number of aryl methyl sites for hydroxylation is 3. The number of anilines is 2. The van der Waals surface area contributed by atoms with Crippen molar-refractivity contribution in [2.75, 3.05) is 5.32 Å². The van der Waals surface area contributed by atoms with Crippen molar-refractivity contribution in [1.29, 1.82) is 0 Å². The molecule has 5 aromatic carbocycles. The molecule has 0 saturated heterocycles. The Bertz CT molecular complexity index is 1900. The fourth-order valence-corrected chi connectivity index (χ4v) is 7.95. The number of benzene rings is 5. The van der Waals surface area contributed by atoms with Crippen LogP contribution in [0.15, 0.2) is 97.1 Å². The standard InChI is InChI=1S/C40H36ClNO/c1-25-10-4-6-14-35(25)40(39(43)29-18-17-28(24-27(29)3)42-38-16-7-5-11-26(38)2)23-9-13-33-32-19-20-34-30(12-8-15-37(34)41)31(32)21-22-36(33)40/h4-8,10-12,14-18,21-22,24,42H,9,13,19-20,23H2,1-3H3. The lowest BCUT2D eigenvalue weighted by molar-refractivity contribution is 0.0896. The Hall–Kier alpha value is -4.14. The summed E-state index contributed by atoms with van der Waals surface area (Å²) in [6.07, 6.45) is 4.64. The number of carbonyl (C=O) groups is 1. The summed E-state index contributed by atoms with van der Waals surface area (Å²) in [5.74, 6) is 0.196. The van der Waals surface area contributed by atoms with Gasteiger partial charge in [-0.1, -0.05) is 78.3 Å². The maximum absolute atomic E-state index is 15.2. The topological polar surface area (TPSA) is 29.1 Å². The van der Waals surface area contributed by atoms with Gasteiger partial charge in [0.2, 0.25) is 0 Å². The maximum Gasteiger partial charge on any atom is 0.178 e. The average Bonchev–Trinajstić information content (AvgIpc) is 3.02. The minimum atomic E-state index is -0.738. The third-order valence-electron chi connectivity index (χ3n) is 9.79. The summed E-state index contributed by atoms with van der Waals surface area (Å²) < 4.78 is 0. The molecular formula is C40H36ClNO. The van der Waals surface area contributed by atoms with Gasteiger partial charge in [0.1, 0.15) is 0 Å². The first-order chi connectivity index (χ1) is 20.9. The summed E-state index contributed by atoms with van der Waals surface area (Å²) in [6, 6.07) is 33.7. The molecule has 1 N–H and O–H groups in total. The highest BCUT2D eigenvalue weighted by Gasteiger charge is 2.47. The lowest BCUT2D eigenvalue weighted by atomic mass is 9.60. The highest BCUT2D eigenvalue weighted by molar-refractivity contribution is 6.31. The Labute approximate surface area is 259 Å². The number of Topliss-reactive ketones (excluding diaryl/α,β-unsaturated/α-hetero) is 1. The molecule has 2 aliphatic carbocycles. The van der Waals surface area contributed by atoms with Gasteiger partial charge < -0.3 is 5.32 Å². The molecule has 5 aromatic rings. The molecule has 0 saturated carbocycles. The van der Waals surface area contributed by atoms with E-state index in [1.165, 1.54) is 38.9 Å². The molecular weight excluding hydrogens is 546 g/mol. The number of ketones is 1. The van der Waals surface area contributed by atoms with E-state index in [2.05, 4.69) is 98.9 Å². The molecule has 43 heavy (non-hydrogen) atoms. The van der Waals surface area contributed by atoms with Gasteiger partial charge in [0, 0.05) is 22.0 Å². The second kappa shape index (κ2) is 10.8. The summed E-state index contributed by atoms with van der Waals surface area (Å²) in [7, 11) is 0. The third-order valence-corrected chi connectivity index (χ3v) is 10.1. The molecule has 0 heterocycles. The number of rotatable bonds is 5. The van der Waals surface area contributed by atoms with Gasteiger partial charge in [0.25, 0.3) is 0 Å². The minimum Gasteiger partial charge on any atom is -0.355 e. The van der Waals surface area contributed by atoms with Crippen molar-refractivity contribution < 1.29 is 4.79 Å². The zero-order valence-corrected chi connectivity index (χ0v) is 25.8. The predicted octanol–water partition coefficient (Wildman–Crippen LogP) is 10.3. The van der Waals surface area contributed by atoms with Gasteiger partial charge in [0.05, 0.1) is 5.41 Å². The molecule has 1 unspecified atom stereocenters. The SMILES string of the molecule is Cc1ccccc1Nc1ccc(C(=O)C2(c3ccccc3C)CCCc3c2ccc2c3CCc3c(Cl)cccc3-2)c(C)c1. The van der Waals surface area contributed by atoms with E-state index in [1.807, 2.05) is 24.3 Å². The maximum atomic E-state index is 15.2. The van der Waals surface area contributed by atoms with Crippen molar-refractivity contribution in [3.05, 3.63) is 152 Å². The summed E-state index contributed by atoms with van der Waals surface area (Å²) in [4.78, 5) is 15.2.